The zero-order chi connectivity index (χ0) is 26.2. The lowest BCUT2D eigenvalue weighted by Crippen LogP contribution is -1.94. The topological polar surface area (TPSA) is 76.0 Å². The Kier molecular flexibility index (Phi) is 14.4. The van der Waals surface area contributed by atoms with E-state index in [1.807, 2.05) is 6.08 Å². The van der Waals surface area contributed by atoms with Gasteiger partial charge in [-0.25, -0.2) is 4.21 Å². The minimum atomic E-state index is -1.58. The van der Waals surface area contributed by atoms with Crippen molar-refractivity contribution < 1.29 is 23.9 Å². The Balaban J connectivity index is 1.70. The molecule has 0 radical (unpaired) electrons. The molecule has 6 heteroatoms. The molecule has 0 saturated heterocycles. The Morgan fingerprint density at radius 2 is 1.22 bits per heavy atom. The van der Waals surface area contributed by atoms with Crippen LogP contribution in [-0.4, -0.2) is 28.6 Å². The molecule has 2 aromatic rings. The van der Waals surface area contributed by atoms with Crippen LogP contribution < -0.4 is 9.47 Å². The second-order valence-electron chi connectivity index (χ2n) is 9.52. The van der Waals surface area contributed by atoms with Crippen LogP contribution in [0.2, 0.25) is 0 Å². The Morgan fingerprint density at radius 3 is 1.72 bits per heavy atom. The third-order valence-electron chi connectivity index (χ3n) is 6.72. The summed E-state index contributed by atoms with van der Waals surface area (Å²) in [5, 5.41) is 23.6. The molecule has 0 amide bonds. The zero-order valence-corrected chi connectivity index (χ0v) is 23.3. The van der Waals surface area contributed by atoms with E-state index in [4.69, 9.17) is 9.47 Å². The third-order valence-corrected chi connectivity index (χ3v) is 7.91. The van der Waals surface area contributed by atoms with Gasteiger partial charge in [0, 0.05) is 11.5 Å². The highest BCUT2D eigenvalue weighted by Gasteiger charge is 2.21. The molecule has 2 rings (SSSR count). The van der Waals surface area contributed by atoms with E-state index in [0.29, 0.717) is 22.3 Å². The molecule has 1 unspecified atom stereocenters. The number of ether oxygens (including phenoxy) is 2. The largest absolute Gasteiger partial charge is 0.507 e. The molecule has 0 aliphatic heterocycles. The fourth-order valence-electron chi connectivity index (χ4n) is 4.62. The Hall–Kier alpha value is -2.21. The maximum atomic E-state index is 12.8. The van der Waals surface area contributed by atoms with E-state index in [1.165, 1.54) is 104 Å². The number of unbranched alkanes of at least 4 members (excludes halogenated alkanes) is 14. The molecular formula is C30H46O5S. The van der Waals surface area contributed by atoms with Crippen molar-refractivity contribution in [2.45, 2.75) is 108 Å². The Labute approximate surface area is 220 Å². The number of phenolic OH excluding ortho intramolecular Hbond substituents is 2. The van der Waals surface area contributed by atoms with E-state index in [9.17, 15) is 14.4 Å². The first-order valence-corrected chi connectivity index (χ1v) is 14.9. The number of fused-ring (bicyclic) bond motifs is 1. The Bertz CT molecular complexity index is 970. The average Bonchev–Trinajstić information content (AvgIpc) is 2.89. The standard InChI is InChI=1S/C30H46O5S/c1-4-5-6-7-8-9-10-11-12-13-14-15-16-17-18-19-22-36(33)27-23-24(31)28-25(34-2)20-21-26(35-3)29(28)30(27)32/h19-23,31-32H,4-18H2,1-3H3/b22-19+. The zero-order valence-electron chi connectivity index (χ0n) is 22.5. The first-order chi connectivity index (χ1) is 17.5. The molecule has 2 N–H and O–H groups in total. The smallest absolute Gasteiger partial charge is 0.144 e. The molecule has 36 heavy (non-hydrogen) atoms. The van der Waals surface area contributed by atoms with Gasteiger partial charge < -0.3 is 19.7 Å². The normalized spacial score (nSPS) is 12.4. The van der Waals surface area contributed by atoms with E-state index < -0.39 is 10.8 Å². The first-order valence-electron chi connectivity index (χ1n) is 13.7. The number of rotatable bonds is 19. The number of hydrogen-bond donors (Lipinski definition) is 2. The lowest BCUT2D eigenvalue weighted by Gasteiger charge is -2.14. The maximum Gasteiger partial charge on any atom is 0.144 e. The van der Waals surface area contributed by atoms with Crippen LogP contribution in [0.1, 0.15) is 103 Å². The van der Waals surface area contributed by atoms with Crippen LogP contribution in [0, 0.1) is 0 Å². The van der Waals surface area contributed by atoms with Crippen LogP contribution in [0.3, 0.4) is 0 Å². The van der Waals surface area contributed by atoms with Gasteiger partial charge in [-0.3, -0.25) is 0 Å². The molecule has 0 spiro atoms. The number of phenols is 2. The van der Waals surface area contributed by atoms with E-state index >= 15 is 0 Å². The van der Waals surface area contributed by atoms with E-state index in [0.717, 1.165) is 12.8 Å². The van der Waals surface area contributed by atoms with Gasteiger partial charge in [-0.15, -0.1) is 0 Å². The third kappa shape index (κ3) is 9.34. The minimum absolute atomic E-state index is 0.109. The fraction of sp³-hybridized carbons (Fsp3) is 0.600. The van der Waals surface area contributed by atoms with E-state index in [-0.39, 0.29) is 16.4 Å². The van der Waals surface area contributed by atoms with Gasteiger partial charge in [0.05, 0.1) is 40.7 Å². The molecule has 0 fully saturated rings. The van der Waals surface area contributed by atoms with Gasteiger partial charge in [0.15, 0.2) is 0 Å². The van der Waals surface area contributed by atoms with Crippen LogP contribution in [0.15, 0.2) is 34.6 Å². The number of hydrogen-bond acceptors (Lipinski definition) is 5. The summed E-state index contributed by atoms with van der Waals surface area (Å²) in [6.07, 6.45) is 21.3. The fourth-order valence-corrected chi connectivity index (χ4v) is 5.60. The summed E-state index contributed by atoms with van der Waals surface area (Å²) in [7, 11) is 1.39. The molecule has 0 heterocycles. The number of allylic oxidation sites excluding steroid dienone is 1. The van der Waals surface area contributed by atoms with E-state index in [1.54, 1.807) is 17.5 Å². The Morgan fingerprint density at radius 1 is 0.750 bits per heavy atom. The quantitative estimate of drug-likeness (QED) is 0.144. The van der Waals surface area contributed by atoms with Gasteiger partial charge in [0.1, 0.15) is 23.0 Å². The molecule has 202 valence electrons. The number of methoxy groups -OCH3 is 2. The van der Waals surface area contributed by atoms with Crippen molar-refractivity contribution in [1.29, 1.82) is 0 Å². The van der Waals surface area contributed by atoms with Crippen molar-refractivity contribution in [3.8, 4) is 23.0 Å². The summed E-state index contributed by atoms with van der Waals surface area (Å²) in [6, 6.07) is 4.65. The van der Waals surface area contributed by atoms with Crippen LogP contribution in [-0.2, 0) is 10.8 Å². The van der Waals surface area contributed by atoms with Crippen molar-refractivity contribution in [2.24, 2.45) is 0 Å². The van der Waals surface area contributed by atoms with Gasteiger partial charge in [0.25, 0.3) is 0 Å². The van der Waals surface area contributed by atoms with Gasteiger partial charge in [0.2, 0.25) is 0 Å². The lowest BCUT2D eigenvalue weighted by molar-refractivity contribution is 0.403. The van der Waals surface area contributed by atoms with E-state index in [2.05, 4.69) is 6.92 Å². The van der Waals surface area contributed by atoms with Gasteiger partial charge >= 0.3 is 0 Å². The van der Waals surface area contributed by atoms with Crippen molar-refractivity contribution in [3.63, 3.8) is 0 Å². The van der Waals surface area contributed by atoms with Crippen molar-refractivity contribution in [3.05, 3.63) is 29.7 Å². The van der Waals surface area contributed by atoms with Crippen LogP contribution >= 0.6 is 0 Å². The first kappa shape index (κ1) is 30.0. The second kappa shape index (κ2) is 17.3. The van der Waals surface area contributed by atoms with Crippen molar-refractivity contribution in [1.82, 2.24) is 0 Å². The van der Waals surface area contributed by atoms with Crippen LogP contribution in [0.25, 0.3) is 10.8 Å². The number of benzene rings is 2. The monoisotopic (exact) mass is 518 g/mol. The SMILES string of the molecule is CCCCCCCCCCCCCCCC/C=C/S(=O)c1cc(O)c2c(OC)ccc(OC)c2c1O. The van der Waals surface area contributed by atoms with Gasteiger partial charge in [-0.05, 0) is 25.0 Å². The molecule has 5 nitrogen and oxygen atoms in total. The van der Waals surface area contributed by atoms with Gasteiger partial charge in [-0.1, -0.05) is 96.5 Å². The minimum Gasteiger partial charge on any atom is -0.507 e. The summed E-state index contributed by atoms with van der Waals surface area (Å²) in [5.41, 5.74) is 0. The summed E-state index contributed by atoms with van der Waals surface area (Å²) in [6.45, 7) is 2.27. The van der Waals surface area contributed by atoms with Gasteiger partial charge in [-0.2, -0.15) is 0 Å². The van der Waals surface area contributed by atoms with Crippen LogP contribution in [0.4, 0.5) is 0 Å². The molecule has 0 aliphatic carbocycles. The molecule has 2 aromatic carbocycles. The average molecular weight is 519 g/mol. The predicted octanol–water partition coefficient (Wildman–Crippen LogP) is 8.76. The van der Waals surface area contributed by atoms with Crippen molar-refractivity contribution in [2.75, 3.05) is 14.2 Å². The molecule has 0 aromatic heterocycles. The highest BCUT2D eigenvalue weighted by atomic mass is 32.2. The van der Waals surface area contributed by atoms with Crippen molar-refractivity contribution >= 4 is 21.6 Å². The second-order valence-corrected chi connectivity index (χ2v) is 10.8. The lowest BCUT2D eigenvalue weighted by atomic mass is 10.0. The molecule has 1 atom stereocenters. The molecular weight excluding hydrogens is 472 g/mol. The molecule has 0 bridgehead atoms. The predicted molar refractivity (Wildman–Crippen MR) is 151 cm³/mol. The van der Waals surface area contributed by atoms with Crippen LogP contribution in [0.5, 0.6) is 23.0 Å². The summed E-state index contributed by atoms with van der Waals surface area (Å²) in [5.74, 6) is 0.508. The molecule has 0 saturated carbocycles. The highest BCUT2D eigenvalue weighted by molar-refractivity contribution is 7.88. The summed E-state index contributed by atoms with van der Waals surface area (Å²) < 4.78 is 23.5. The highest BCUT2D eigenvalue weighted by Crippen LogP contribution is 2.46. The molecule has 0 aliphatic rings. The summed E-state index contributed by atoms with van der Waals surface area (Å²) >= 11 is 0. The summed E-state index contributed by atoms with van der Waals surface area (Å²) in [4.78, 5) is 0.156. The maximum absolute atomic E-state index is 12.8. The number of aromatic hydroxyl groups is 2.